The van der Waals surface area contributed by atoms with E-state index in [9.17, 15) is 4.39 Å². The van der Waals surface area contributed by atoms with E-state index in [0.29, 0.717) is 12.0 Å². The molecule has 1 aromatic carbocycles. The van der Waals surface area contributed by atoms with Gasteiger partial charge >= 0.3 is 0 Å². The molecular weight excluding hydrogens is 259 g/mol. The first-order valence-corrected chi connectivity index (χ1v) is 6.44. The summed E-state index contributed by atoms with van der Waals surface area (Å²) in [7, 11) is 0. The van der Waals surface area contributed by atoms with E-state index in [1.165, 1.54) is 6.07 Å². The number of benzene rings is 1. The van der Waals surface area contributed by atoms with Crippen molar-refractivity contribution in [1.82, 2.24) is 4.98 Å². The van der Waals surface area contributed by atoms with Crippen LogP contribution in [0.4, 0.5) is 4.39 Å². The highest BCUT2D eigenvalue weighted by molar-refractivity contribution is 7.09. The number of hydrogen-bond acceptors (Lipinski definition) is 3. The Morgan fingerprint density at radius 3 is 2.94 bits per heavy atom. The molecule has 2 N–H and O–H groups in total. The van der Waals surface area contributed by atoms with Crippen molar-refractivity contribution in [3.05, 3.63) is 50.7 Å². The molecule has 0 aliphatic heterocycles. The number of rotatable bonds is 3. The van der Waals surface area contributed by atoms with Crippen LogP contribution in [0.5, 0.6) is 0 Å². The minimum atomic E-state index is -0.435. The fourth-order valence-electron chi connectivity index (χ4n) is 1.60. The minimum Gasteiger partial charge on any atom is -0.324 e. The van der Waals surface area contributed by atoms with Gasteiger partial charge in [0.05, 0.1) is 10.0 Å². The molecule has 2 aromatic rings. The summed E-state index contributed by atoms with van der Waals surface area (Å²) in [5.41, 5.74) is 7.62. The average molecular weight is 271 g/mol. The maximum absolute atomic E-state index is 13.3. The number of halogens is 2. The molecular formula is C12H12ClFN2S. The molecule has 2 rings (SSSR count). The second-order valence-electron chi connectivity index (χ2n) is 3.84. The summed E-state index contributed by atoms with van der Waals surface area (Å²) in [5, 5.41) is 3.01. The molecule has 2 nitrogen and oxygen atoms in total. The van der Waals surface area contributed by atoms with Crippen LogP contribution in [-0.4, -0.2) is 4.98 Å². The van der Waals surface area contributed by atoms with Gasteiger partial charge in [0.2, 0.25) is 0 Å². The van der Waals surface area contributed by atoms with Crippen LogP contribution in [0.2, 0.25) is 5.02 Å². The quantitative estimate of drug-likeness (QED) is 0.927. The van der Waals surface area contributed by atoms with Gasteiger partial charge < -0.3 is 5.73 Å². The van der Waals surface area contributed by atoms with Gasteiger partial charge in [0, 0.05) is 23.5 Å². The maximum atomic E-state index is 13.3. The first-order chi connectivity index (χ1) is 8.08. The fraction of sp³-hybridized carbons (Fsp3) is 0.250. The second-order valence-corrected chi connectivity index (χ2v) is 5.16. The molecule has 0 amide bonds. The molecule has 1 aromatic heterocycles. The lowest BCUT2D eigenvalue weighted by Crippen LogP contribution is -2.14. The number of nitrogens with zero attached hydrogens (tertiary/aromatic N) is 1. The Hall–Kier alpha value is -0.970. The zero-order valence-electron chi connectivity index (χ0n) is 9.28. The van der Waals surface area contributed by atoms with Crippen LogP contribution in [0.1, 0.15) is 22.3 Å². The molecule has 0 saturated heterocycles. The van der Waals surface area contributed by atoms with Gasteiger partial charge in [-0.2, -0.15) is 0 Å². The van der Waals surface area contributed by atoms with Gasteiger partial charge in [-0.3, -0.25) is 0 Å². The molecule has 0 saturated carbocycles. The third-order valence-electron chi connectivity index (χ3n) is 2.44. The zero-order valence-corrected chi connectivity index (χ0v) is 10.9. The number of aryl methyl sites for hydroxylation is 1. The van der Waals surface area contributed by atoms with Crippen LogP contribution in [0.3, 0.4) is 0 Å². The van der Waals surface area contributed by atoms with E-state index in [4.69, 9.17) is 17.3 Å². The van der Waals surface area contributed by atoms with Gasteiger partial charge in [0.1, 0.15) is 5.82 Å². The summed E-state index contributed by atoms with van der Waals surface area (Å²) in [6, 6.07) is 4.36. The van der Waals surface area contributed by atoms with Crippen molar-refractivity contribution in [3.8, 4) is 0 Å². The molecule has 0 aliphatic rings. The molecule has 0 aliphatic carbocycles. The lowest BCUT2D eigenvalue weighted by atomic mass is 10.0. The highest BCUT2D eigenvalue weighted by atomic mass is 35.5. The monoisotopic (exact) mass is 270 g/mol. The average Bonchev–Trinajstić information content (AvgIpc) is 2.68. The normalized spacial score (nSPS) is 12.7. The Kier molecular flexibility index (Phi) is 3.76. The number of thiazole rings is 1. The number of hydrogen-bond donors (Lipinski definition) is 1. The number of nitrogens with two attached hydrogens (primary N) is 1. The predicted molar refractivity (Wildman–Crippen MR) is 68.9 cm³/mol. The Labute approximate surface area is 108 Å². The molecule has 1 atom stereocenters. The van der Waals surface area contributed by atoms with Crippen molar-refractivity contribution in [2.45, 2.75) is 19.4 Å². The molecule has 1 unspecified atom stereocenters. The van der Waals surface area contributed by atoms with Gasteiger partial charge in [-0.1, -0.05) is 23.7 Å². The van der Waals surface area contributed by atoms with Gasteiger partial charge in [-0.15, -0.1) is 11.3 Å². The molecule has 1 heterocycles. The SMILES string of the molecule is Cc1csc(CC(N)c2cccc(F)c2Cl)n1. The van der Waals surface area contributed by atoms with E-state index in [0.717, 1.165) is 10.7 Å². The molecule has 0 fully saturated rings. The largest absolute Gasteiger partial charge is 0.324 e. The van der Waals surface area contributed by atoms with E-state index < -0.39 is 5.82 Å². The lowest BCUT2D eigenvalue weighted by molar-refractivity contribution is 0.619. The highest BCUT2D eigenvalue weighted by Crippen LogP contribution is 2.27. The van der Waals surface area contributed by atoms with Gasteiger partial charge in [0.25, 0.3) is 0 Å². The van der Waals surface area contributed by atoms with Crippen molar-refractivity contribution >= 4 is 22.9 Å². The zero-order chi connectivity index (χ0) is 12.4. The summed E-state index contributed by atoms with van der Waals surface area (Å²) in [6.07, 6.45) is 0.571. The van der Waals surface area contributed by atoms with Gasteiger partial charge in [0.15, 0.2) is 0 Å². The second kappa shape index (κ2) is 5.12. The van der Waals surface area contributed by atoms with E-state index >= 15 is 0 Å². The van der Waals surface area contributed by atoms with Crippen LogP contribution < -0.4 is 5.73 Å². The lowest BCUT2D eigenvalue weighted by Gasteiger charge is -2.12. The third kappa shape index (κ3) is 2.83. The van der Waals surface area contributed by atoms with Crippen LogP contribution in [0, 0.1) is 12.7 Å². The predicted octanol–water partition coefficient (Wildman–Crippen LogP) is 3.49. The van der Waals surface area contributed by atoms with E-state index in [2.05, 4.69) is 4.98 Å². The molecule has 0 spiro atoms. The van der Waals surface area contributed by atoms with Crippen LogP contribution in [-0.2, 0) is 6.42 Å². The molecule has 17 heavy (non-hydrogen) atoms. The van der Waals surface area contributed by atoms with Crippen molar-refractivity contribution in [1.29, 1.82) is 0 Å². The Bertz CT molecular complexity index is 527. The van der Waals surface area contributed by atoms with E-state index in [1.54, 1.807) is 23.5 Å². The summed E-state index contributed by atoms with van der Waals surface area (Å²) >= 11 is 7.44. The van der Waals surface area contributed by atoms with Crippen molar-refractivity contribution in [3.63, 3.8) is 0 Å². The minimum absolute atomic E-state index is 0.105. The van der Waals surface area contributed by atoms with Crippen LogP contribution >= 0.6 is 22.9 Å². The van der Waals surface area contributed by atoms with Gasteiger partial charge in [-0.25, -0.2) is 9.37 Å². The molecule has 0 radical (unpaired) electrons. The van der Waals surface area contributed by atoms with Crippen molar-refractivity contribution in [2.75, 3.05) is 0 Å². The smallest absolute Gasteiger partial charge is 0.142 e. The van der Waals surface area contributed by atoms with E-state index in [-0.39, 0.29) is 11.1 Å². The van der Waals surface area contributed by atoms with Crippen molar-refractivity contribution in [2.24, 2.45) is 5.73 Å². The third-order valence-corrected chi connectivity index (χ3v) is 3.83. The topological polar surface area (TPSA) is 38.9 Å². The summed E-state index contributed by atoms with van der Waals surface area (Å²) < 4.78 is 13.3. The Balaban J connectivity index is 2.20. The van der Waals surface area contributed by atoms with Gasteiger partial charge in [-0.05, 0) is 18.6 Å². The summed E-state index contributed by atoms with van der Waals surface area (Å²) in [6.45, 7) is 1.93. The fourth-order valence-corrected chi connectivity index (χ4v) is 2.70. The van der Waals surface area contributed by atoms with E-state index in [1.807, 2.05) is 12.3 Å². The Morgan fingerprint density at radius 1 is 1.53 bits per heavy atom. The molecule has 5 heteroatoms. The van der Waals surface area contributed by atoms with Crippen LogP contribution in [0.25, 0.3) is 0 Å². The number of aromatic nitrogens is 1. The maximum Gasteiger partial charge on any atom is 0.142 e. The molecule has 90 valence electrons. The molecule has 0 bridgehead atoms. The van der Waals surface area contributed by atoms with Crippen LogP contribution in [0.15, 0.2) is 23.6 Å². The first kappa shape index (κ1) is 12.5. The first-order valence-electron chi connectivity index (χ1n) is 5.18. The standard InChI is InChI=1S/C12H12ClFN2S/c1-7-6-17-11(16-7)5-10(15)8-3-2-4-9(14)12(8)13/h2-4,6,10H,5,15H2,1H3. The highest BCUT2D eigenvalue weighted by Gasteiger charge is 2.14. The van der Waals surface area contributed by atoms with Crippen molar-refractivity contribution < 1.29 is 4.39 Å². The summed E-state index contributed by atoms with van der Waals surface area (Å²) in [5.74, 6) is -0.435. The Morgan fingerprint density at radius 2 is 2.29 bits per heavy atom. The summed E-state index contributed by atoms with van der Waals surface area (Å²) in [4.78, 5) is 4.33.